The molecule has 1 aromatic heterocycles. The molecular weight excluding hydrogens is 479 g/mol. The van der Waals surface area contributed by atoms with Gasteiger partial charge >= 0.3 is 0 Å². The maximum Gasteiger partial charge on any atom is 0.293 e. The number of carbonyl (C=O) groups excluding carboxylic acids is 1. The molecule has 0 radical (unpaired) electrons. The van der Waals surface area contributed by atoms with Crippen molar-refractivity contribution in [3.63, 3.8) is 0 Å². The van der Waals surface area contributed by atoms with Crippen LogP contribution in [0.2, 0.25) is 10.0 Å². The van der Waals surface area contributed by atoms with Crippen molar-refractivity contribution >= 4 is 57.3 Å². The normalized spacial score (nSPS) is 13.4. The summed E-state index contributed by atoms with van der Waals surface area (Å²) in [5, 5.41) is 15.4. The number of anilines is 2. The molecule has 1 N–H and O–H groups in total. The zero-order valence-corrected chi connectivity index (χ0v) is 19.3. The van der Waals surface area contributed by atoms with Crippen LogP contribution < -0.4 is 10.2 Å². The Kier molecular flexibility index (Phi) is 5.85. The molecule has 0 aliphatic carbocycles. The second kappa shape index (κ2) is 8.96. The second-order valence-electron chi connectivity index (χ2n) is 7.93. The Morgan fingerprint density at radius 1 is 1.06 bits per heavy atom. The topological polar surface area (TPSA) is 102 Å². The van der Waals surface area contributed by atoms with E-state index >= 15 is 0 Å². The van der Waals surface area contributed by atoms with Crippen LogP contribution in [0.3, 0.4) is 0 Å². The lowest BCUT2D eigenvalue weighted by Gasteiger charge is -2.17. The van der Waals surface area contributed by atoms with E-state index in [1.165, 1.54) is 6.07 Å². The van der Waals surface area contributed by atoms with Gasteiger partial charge in [-0.3, -0.25) is 14.9 Å². The Bertz CT molecular complexity index is 1430. The lowest BCUT2D eigenvalue weighted by Crippen LogP contribution is -2.19. The Balaban J connectivity index is 1.40. The van der Waals surface area contributed by atoms with Crippen molar-refractivity contribution in [2.24, 2.45) is 0 Å². The lowest BCUT2D eigenvalue weighted by atomic mass is 10.1. The van der Waals surface area contributed by atoms with Gasteiger partial charge in [-0.25, -0.2) is 4.98 Å². The number of fused-ring (bicyclic) bond motifs is 1. The summed E-state index contributed by atoms with van der Waals surface area (Å²) in [4.78, 5) is 30.5. The third-order valence-electron chi connectivity index (χ3n) is 5.69. The molecule has 172 valence electrons. The zero-order chi connectivity index (χ0) is 23.8. The van der Waals surface area contributed by atoms with Gasteiger partial charge in [0, 0.05) is 35.4 Å². The highest BCUT2D eigenvalue weighted by molar-refractivity contribution is 6.35. The number of hydrogen-bond acceptors (Lipinski definition) is 6. The zero-order valence-electron chi connectivity index (χ0n) is 17.8. The van der Waals surface area contributed by atoms with Crippen LogP contribution in [0.4, 0.5) is 17.1 Å². The van der Waals surface area contributed by atoms with Crippen LogP contribution in [0.15, 0.2) is 59.0 Å². The van der Waals surface area contributed by atoms with Crippen molar-refractivity contribution in [1.82, 2.24) is 4.98 Å². The van der Waals surface area contributed by atoms with Gasteiger partial charge in [0.1, 0.15) is 11.2 Å². The minimum atomic E-state index is -0.461. The molecule has 1 aliphatic rings. The van der Waals surface area contributed by atoms with Crippen LogP contribution >= 0.6 is 23.2 Å². The second-order valence-corrected chi connectivity index (χ2v) is 8.78. The van der Waals surface area contributed by atoms with Crippen molar-refractivity contribution in [2.45, 2.75) is 12.8 Å². The number of amides is 1. The number of nitrogens with one attached hydrogen (secondary N) is 1. The molecule has 1 saturated heterocycles. The Labute approximate surface area is 204 Å². The largest absolute Gasteiger partial charge is 0.436 e. The summed E-state index contributed by atoms with van der Waals surface area (Å²) < 4.78 is 5.79. The molecule has 1 aliphatic heterocycles. The van der Waals surface area contributed by atoms with E-state index in [0.717, 1.165) is 25.9 Å². The van der Waals surface area contributed by atoms with E-state index in [4.69, 9.17) is 27.6 Å². The highest BCUT2D eigenvalue weighted by Crippen LogP contribution is 2.34. The van der Waals surface area contributed by atoms with Gasteiger partial charge in [-0.2, -0.15) is 0 Å². The molecule has 0 atom stereocenters. The van der Waals surface area contributed by atoms with Crippen LogP contribution in [0.5, 0.6) is 0 Å². The van der Waals surface area contributed by atoms with Gasteiger partial charge in [-0.1, -0.05) is 23.2 Å². The predicted molar refractivity (Wildman–Crippen MR) is 132 cm³/mol. The third kappa shape index (κ3) is 4.30. The Hall–Kier alpha value is -3.62. The molecule has 1 fully saturated rings. The number of oxazole rings is 1. The highest BCUT2D eigenvalue weighted by Gasteiger charge is 2.24. The summed E-state index contributed by atoms with van der Waals surface area (Å²) in [6.07, 6.45) is 1.99. The standard InChI is InChI=1S/C24H18Cl2N4O4/c25-15-4-6-18(26)17(12-15)24-28-19-13-16(5-8-22(19)34-24)27-23(31)14-3-7-20(21(11-14)30(32)33)29-9-1-2-10-29/h3-8,11-13H,1-2,9-10H2,(H,27,31). The molecule has 10 heteroatoms. The average molecular weight is 497 g/mol. The first-order valence-corrected chi connectivity index (χ1v) is 11.4. The summed E-state index contributed by atoms with van der Waals surface area (Å²) >= 11 is 12.3. The molecule has 34 heavy (non-hydrogen) atoms. The molecule has 0 unspecified atom stereocenters. The number of nitro groups is 1. The first-order chi connectivity index (χ1) is 16.4. The highest BCUT2D eigenvalue weighted by atomic mass is 35.5. The van der Waals surface area contributed by atoms with Crippen LogP contribution in [0.25, 0.3) is 22.6 Å². The molecule has 5 rings (SSSR count). The minimum absolute atomic E-state index is 0.0791. The van der Waals surface area contributed by atoms with Gasteiger partial charge in [-0.05, 0) is 61.4 Å². The monoisotopic (exact) mass is 496 g/mol. The summed E-state index contributed by atoms with van der Waals surface area (Å²) in [7, 11) is 0. The molecule has 1 amide bonds. The van der Waals surface area contributed by atoms with E-state index < -0.39 is 10.8 Å². The first-order valence-electron chi connectivity index (χ1n) is 10.6. The molecule has 8 nitrogen and oxygen atoms in total. The number of rotatable bonds is 5. The Morgan fingerprint density at radius 3 is 2.62 bits per heavy atom. The van der Waals surface area contributed by atoms with E-state index in [1.807, 2.05) is 4.90 Å². The van der Waals surface area contributed by atoms with Gasteiger partial charge in [0.25, 0.3) is 11.6 Å². The van der Waals surface area contributed by atoms with Gasteiger partial charge in [0.05, 0.1) is 15.5 Å². The van der Waals surface area contributed by atoms with Crippen molar-refractivity contribution in [1.29, 1.82) is 0 Å². The van der Waals surface area contributed by atoms with Crippen LogP contribution in [0, 0.1) is 10.1 Å². The molecule has 0 spiro atoms. The van der Waals surface area contributed by atoms with Crippen molar-refractivity contribution in [3.8, 4) is 11.5 Å². The number of nitro benzene ring substituents is 1. The SMILES string of the molecule is O=C(Nc1ccc2oc(-c3cc(Cl)ccc3Cl)nc2c1)c1ccc(N2CCCC2)c([N+](=O)[O-])c1. The van der Waals surface area contributed by atoms with Gasteiger partial charge in [0.15, 0.2) is 5.58 Å². The van der Waals surface area contributed by atoms with Gasteiger partial charge in [0.2, 0.25) is 5.89 Å². The smallest absolute Gasteiger partial charge is 0.293 e. The number of hydrogen-bond donors (Lipinski definition) is 1. The Morgan fingerprint density at radius 2 is 1.85 bits per heavy atom. The number of nitrogens with zero attached hydrogens (tertiary/aromatic N) is 3. The first kappa shape index (κ1) is 22.2. The summed E-state index contributed by atoms with van der Waals surface area (Å²) in [5.74, 6) is -0.156. The van der Waals surface area contributed by atoms with Crippen molar-refractivity contribution in [2.75, 3.05) is 23.3 Å². The van der Waals surface area contributed by atoms with Crippen LogP contribution in [-0.2, 0) is 0 Å². The fourth-order valence-electron chi connectivity index (χ4n) is 4.02. The fourth-order valence-corrected chi connectivity index (χ4v) is 4.39. The van der Waals surface area contributed by atoms with Crippen LogP contribution in [0.1, 0.15) is 23.2 Å². The minimum Gasteiger partial charge on any atom is -0.436 e. The van der Waals surface area contributed by atoms with E-state index in [2.05, 4.69) is 10.3 Å². The summed E-state index contributed by atoms with van der Waals surface area (Å²) in [5.41, 5.74) is 2.71. The van der Waals surface area contributed by atoms with E-state index in [-0.39, 0.29) is 11.3 Å². The molecule has 4 aromatic rings. The number of halogens is 2. The molecule has 0 bridgehead atoms. The van der Waals surface area contributed by atoms with Crippen molar-refractivity contribution in [3.05, 3.63) is 80.3 Å². The lowest BCUT2D eigenvalue weighted by molar-refractivity contribution is -0.384. The van der Waals surface area contributed by atoms with E-state index in [0.29, 0.717) is 44.0 Å². The number of carbonyl (C=O) groups is 1. The maximum atomic E-state index is 12.8. The van der Waals surface area contributed by atoms with Gasteiger partial charge < -0.3 is 14.6 Å². The van der Waals surface area contributed by atoms with Crippen LogP contribution in [-0.4, -0.2) is 28.9 Å². The van der Waals surface area contributed by atoms with E-state index in [1.54, 1.807) is 48.5 Å². The fraction of sp³-hybridized carbons (Fsp3) is 0.167. The summed E-state index contributed by atoms with van der Waals surface area (Å²) in [6, 6.07) is 14.6. The molecular formula is C24H18Cl2N4O4. The van der Waals surface area contributed by atoms with E-state index in [9.17, 15) is 14.9 Å². The predicted octanol–water partition coefficient (Wildman–Crippen LogP) is 6.56. The third-order valence-corrected chi connectivity index (χ3v) is 6.25. The number of benzene rings is 3. The number of aromatic nitrogens is 1. The summed E-state index contributed by atoms with van der Waals surface area (Å²) in [6.45, 7) is 1.54. The van der Waals surface area contributed by atoms with Gasteiger partial charge in [-0.15, -0.1) is 0 Å². The quantitative estimate of drug-likeness (QED) is 0.248. The van der Waals surface area contributed by atoms with Crippen molar-refractivity contribution < 1.29 is 14.1 Å². The molecule has 0 saturated carbocycles. The maximum absolute atomic E-state index is 12.8. The molecule has 2 heterocycles. The molecule has 3 aromatic carbocycles. The average Bonchev–Trinajstić information content (AvgIpc) is 3.50.